The molecular formula is C18H25N5O. The lowest BCUT2D eigenvalue weighted by Gasteiger charge is -2.19. The van der Waals surface area contributed by atoms with Crippen LogP contribution >= 0.6 is 0 Å². The van der Waals surface area contributed by atoms with Crippen LogP contribution in [0.2, 0.25) is 0 Å². The largest absolute Gasteiger partial charge is 0.345 e. The van der Waals surface area contributed by atoms with Gasteiger partial charge in [0.1, 0.15) is 11.6 Å². The third-order valence-corrected chi connectivity index (χ3v) is 4.47. The van der Waals surface area contributed by atoms with E-state index >= 15 is 0 Å². The summed E-state index contributed by atoms with van der Waals surface area (Å²) in [6.07, 6.45) is 3.42. The van der Waals surface area contributed by atoms with Crippen molar-refractivity contribution in [3.63, 3.8) is 0 Å². The molecule has 0 aliphatic carbocycles. The van der Waals surface area contributed by atoms with Gasteiger partial charge >= 0.3 is 0 Å². The molecule has 0 radical (unpaired) electrons. The number of carbonyl (C=O) groups excluding carboxylic acids is 1. The topological polar surface area (TPSA) is 63.1 Å². The van der Waals surface area contributed by atoms with Gasteiger partial charge in [-0.25, -0.2) is 0 Å². The second kappa shape index (κ2) is 7.13. The molecule has 1 aliphatic rings. The highest BCUT2D eigenvalue weighted by Crippen LogP contribution is 2.19. The molecule has 1 aromatic heterocycles. The summed E-state index contributed by atoms with van der Waals surface area (Å²) in [4.78, 5) is 13.7. The molecule has 0 fully saturated rings. The lowest BCUT2D eigenvalue weighted by atomic mass is 10.1. The Hall–Kier alpha value is -2.21. The molecule has 24 heavy (non-hydrogen) atoms. The van der Waals surface area contributed by atoms with Gasteiger partial charge in [-0.05, 0) is 37.5 Å². The molecule has 0 saturated heterocycles. The van der Waals surface area contributed by atoms with E-state index in [-0.39, 0.29) is 11.9 Å². The Morgan fingerprint density at radius 1 is 1.33 bits per heavy atom. The van der Waals surface area contributed by atoms with E-state index in [0.717, 1.165) is 30.2 Å². The zero-order valence-electron chi connectivity index (χ0n) is 14.6. The van der Waals surface area contributed by atoms with Crippen LogP contribution in [-0.2, 0) is 19.5 Å². The molecule has 2 aromatic rings. The Kier molecular flexibility index (Phi) is 4.94. The minimum absolute atomic E-state index is 0.0245. The van der Waals surface area contributed by atoms with Gasteiger partial charge in [-0.3, -0.25) is 4.79 Å². The maximum absolute atomic E-state index is 12.1. The second-order valence-electron chi connectivity index (χ2n) is 6.59. The van der Waals surface area contributed by atoms with Gasteiger partial charge in [0.15, 0.2) is 0 Å². The number of amides is 1. The van der Waals surface area contributed by atoms with E-state index in [2.05, 4.69) is 27.0 Å². The Bertz CT molecular complexity index is 722. The molecule has 1 aromatic carbocycles. The van der Waals surface area contributed by atoms with Crippen molar-refractivity contribution >= 4 is 5.91 Å². The summed E-state index contributed by atoms with van der Waals surface area (Å²) in [5.41, 5.74) is 1.81. The van der Waals surface area contributed by atoms with Gasteiger partial charge in [-0.15, -0.1) is 10.2 Å². The monoisotopic (exact) mass is 327 g/mol. The zero-order valence-corrected chi connectivity index (χ0v) is 14.6. The minimum atomic E-state index is 0.0245. The van der Waals surface area contributed by atoms with Crippen molar-refractivity contribution in [1.82, 2.24) is 25.0 Å². The Balaban J connectivity index is 1.66. The van der Waals surface area contributed by atoms with Crippen molar-refractivity contribution in [1.29, 1.82) is 0 Å². The summed E-state index contributed by atoms with van der Waals surface area (Å²) in [5.74, 6) is 2.13. The van der Waals surface area contributed by atoms with Gasteiger partial charge in [0.05, 0.1) is 6.04 Å². The number of hydrogen-bond acceptors (Lipinski definition) is 4. The molecule has 1 amide bonds. The van der Waals surface area contributed by atoms with Crippen molar-refractivity contribution in [2.45, 2.75) is 45.3 Å². The number of aromatic nitrogens is 3. The molecule has 6 heteroatoms. The van der Waals surface area contributed by atoms with Gasteiger partial charge in [0, 0.05) is 39.2 Å². The Morgan fingerprint density at radius 3 is 2.96 bits per heavy atom. The maximum Gasteiger partial charge on any atom is 0.253 e. The third kappa shape index (κ3) is 3.48. The summed E-state index contributed by atoms with van der Waals surface area (Å²) in [5, 5.41) is 12.2. The Morgan fingerprint density at radius 2 is 2.17 bits per heavy atom. The first-order valence-corrected chi connectivity index (χ1v) is 8.52. The number of carbonyl (C=O) groups is 1. The molecule has 128 valence electrons. The molecule has 1 aliphatic heterocycles. The molecule has 1 unspecified atom stereocenters. The number of benzene rings is 1. The summed E-state index contributed by atoms with van der Waals surface area (Å²) >= 11 is 0. The molecule has 0 saturated carbocycles. The second-order valence-corrected chi connectivity index (χ2v) is 6.59. The summed E-state index contributed by atoms with van der Waals surface area (Å²) in [6, 6.07) is 7.88. The van der Waals surface area contributed by atoms with Crippen LogP contribution in [-0.4, -0.2) is 39.7 Å². The number of aryl methyl sites for hydroxylation is 1. The fourth-order valence-corrected chi connectivity index (χ4v) is 3.09. The van der Waals surface area contributed by atoms with Crippen molar-refractivity contribution in [2.75, 3.05) is 14.1 Å². The third-order valence-electron chi connectivity index (χ3n) is 4.47. The molecule has 0 bridgehead atoms. The quantitative estimate of drug-likeness (QED) is 0.914. The average Bonchev–Trinajstić information content (AvgIpc) is 3.03. The van der Waals surface area contributed by atoms with Crippen molar-refractivity contribution in [3.05, 3.63) is 47.0 Å². The highest BCUT2D eigenvalue weighted by molar-refractivity contribution is 5.94. The molecular weight excluding hydrogens is 302 g/mol. The van der Waals surface area contributed by atoms with E-state index < -0.39 is 0 Å². The fraction of sp³-hybridized carbons (Fsp3) is 0.500. The molecule has 1 N–H and O–H groups in total. The predicted molar refractivity (Wildman–Crippen MR) is 92.7 cm³/mol. The van der Waals surface area contributed by atoms with Gasteiger partial charge in [-0.2, -0.15) is 0 Å². The summed E-state index contributed by atoms with van der Waals surface area (Å²) in [7, 11) is 3.54. The van der Waals surface area contributed by atoms with E-state index in [1.807, 2.05) is 24.3 Å². The first kappa shape index (κ1) is 16.6. The average molecular weight is 327 g/mol. The molecule has 3 rings (SSSR count). The van der Waals surface area contributed by atoms with Gasteiger partial charge in [0.2, 0.25) is 0 Å². The van der Waals surface area contributed by atoms with E-state index in [1.165, 1.54) is 12.8 Å². The standard InChI is InChI=1S/C18H25N5O/c1-13(17-21-20-16-9-4-5-10-23(16)17)19-12-14-7-6-8-15(11-14)18(24)22(2)3/h6-8,11,13,19H,4-5,9-10,12H2,1-3H3. The van der Waals surface area contributed by atoms with Gasteiger partial charge in [0.25, 0.3) is 5.91 Å². The fourth-order valence-electron chi connectivity index (χ4n) is 3.09. The summed E-state index contributed by atoms with van der Waals surface area (Å²) < 4.78 is 2.24. The first-order chi connectivity index (χ1) is 11.6. The highest BCUT2D eigenvalue weighted by atomic mass is 16.2. The van der Waals surface area contributed by atoms with Crippen LogP contribution in [0.15, 0.2) is 24.3 Å². The number of nitrogens with zero attached hydrogens (tertiary/aromatic N) is 4. The van der Waals surface area contributed by atoms with Crippen LogP contribution in [0, 0.1) is 0 Å². The number of rotatable bonds is 5. The molecule has 6 nitrogen and oxygen atoms in total. The van der Waals surface area contributed by atoms with Crippen LogP contribution < -0.4 is 5.32 Å². The number of hydrogen-bond donors (Lipinski definition) is 1. The van der Waals surface area contributed by atoms with Crippen LogP contribution in [0.1, 0.15) is 53.4 Å². The first-order valence-electron chi connectivity index (χ1n) is 8.52. The SMILES string of the molecule is CC(NCc1cccc(C(=O)N(C)C)c1)c1nnc2n1CCCC2. The molecule has 1 atom stereocenters. The normalized spacial score (nSPS) is 15.0. The lowest BCUT2D eigenvalue weighted by molar-refractivity contribution is 0.0827. The van der Waals surface area contributed by atoms with Crippen LogP contribution in [0.25, 0.3) is 0 Å². The van der Waals surface area contributed by atoms with Crippen LogP contribution in [0.3, 0.4) is 0 Å². The number of fused-ring (bicyclic) bond motifs is 1. The van der Waals surface area contributed by atoms with Crippen molar-refractivity contribution in [3.8, 4) is 0 Å². The van der Waals surface area contributed by atoms with E-state index in [1.54, 1.807) is 19.0 Å². The maximum atomic E-state index is 12.1. The Labute approximate surface area is 142 Å². The minimum Gasteiger partial charge on any atom is -0.345 e. The zero-order chi connectivity index (χ0) is 17.1. The molecule has 0 spiro atoms. The number of nitrogens with one attached hydrogen (secondary N) is 1. The predicted octanol–water partition coefficient (Wildman–Crippen LogP) is 2.17. The van der Waals surface area contributed by atoms with Crippen LogP contribution in [0.5, 0.6) is 0 Å². The molecule has 2 heterocycles. The van der Waals surface area contributed by atoms with Crippen molar-refractivity contribution < 1.29 is 4.79 Å². The van der Waals surface area contributed by atoms with Crippen molar-refractivity contribution in [2.24, 2.45) is 0 Å². The smallest absolute Gasteiger partial charge is 0.253 e. The lowest BCUT2D eigenvalue weighted by Crippen LogP contribution is -2.24. The van der Waals surface area contributed by atoms with Gasteiger partial charge in [-0.1, -0.05) is 12.1 Å². The van der Waals surface area contributed by atoms with E-state index in [4.69, 9.17) is 0 Å². The van der Waals surface area contributed by atoms with E-state index in [0.29, 0.717) is 12.1 Å². The summed E-state index contributed by atoms with van der Waals surface area (Å²) in [6.45, 7) is 3.81. The van der Waals surface area contributed by atoms with Crippen LogP contribution in [0.4, 0.5) is 0 Å². The van der Waals surface area contributed by atoms with E-state index in [9.17, 15) is 4.79 Å². The van der Waals surface area contributed by atoms with Gasteiger partial charge < -0.3 is 14.8 Å². The highest BCUT2D eigenvalue weighted by Gasteiger charge is 2.19.